The van der Waals surface area contributed by atoms with Gasteiger partial charge in [-0.05, 0) is 29.8 Å². The molecule has 0 fully saturated rings. The summed E-state index contributed by atoms with van der Waals surface area (Å²) < 4.78 is 5.34. The average Bonchev–Trinajstić information content (AvgIpc) is 2.54. The van der Waals surface area contributed by atoms with E-state index in [1.807, 2.05) is 30.3 Å². The van der Waals surface area contributed by atoms with Crippen molar-refractivity contribution in [1.82, 2.24) is 0 Å². The Morgan fingerprint density at radius 3 is 2.57 bits per heavy atom. The number of benzene rings is 2. The van der Waals surface area contributed by atoms with E-state index in [9.17, 15) is 10.1 Å². The summed E-state index contributed by atoms with van der Waals surface area (Å²) >= 11 is 0. The molecule has 4 nitrogen and oxygen atoms in total. The summed E-state index contributed by atoms with van der Waals surface area (Å²) in [5.41, 5.74) is 1.56. The minimum atomic E-state index is -0.670. The summed E-state index contributed by atoms with van der Waals surface area (Å²) in [4.78, 5) is 13.8. The van der Waals surface area contributed by atoms with E-state index in [-0.39, 0.29) is 0 Å². The van der Waals surface area contributed by atoms with Gasteiger partial charge in [-0.3, -0.25) is 4.90 Å². The van der Waals surface area contributed by atoms with Crippen LogP contribution in [0.2, 0.25) is 0 Å². The van der Waals surface area contributed by atoms with Gasteiger partial charge in [-0.15, -0.1) is 0 Å². The van der Waals surface area contributed by atoms with Crippen molar-refractivity contribution >= 4 is 17.9 Å². The van der Waals surface area contributed by atoms with Gasteiger partial charge in [0, 0.05) is 0 Å². The quantitative estimate of drug-likeness (QED) is 0.799. The van der Waals surface area contributed by atoms with Crippen LogP contribution >= 0.6 is 0 Å². The second-order valence-electron chi connectivity index (χ2n) is 4.54. The molecule has 0 saturated heterocycles. The molecule has 1 atom stereocenters. The van der Waals surface area contributed by atoms with E-state index in [2.05, 4.69) is 6.07 Å². The summed E-state index contributed by atoms with van der Waals surface area (Å²) in [6.07, 6.45) is 2.97. The van der Waals surface area contributed by atoms with Gasteiger partial charge < -0.3 is 4.74 Å². The van der Waals surface area contributed by atoms with E-state index in [4.69, 9.17) is 4.74 Å². The normalized spacial score (nSPS) is 16.0. The van der Waals surface area contributed by atoms with E-state index in [1.165, 1.54) is 4.90 Å². The highest BCUT2D eigenvalue weighted by atomic mass is 16.6. The van der Waals surface area contributed by atoms with Gasteiger partial charge in [-0.25, -0.2) is 4.79 Å². The van der Waals surface area contributed by atoms with Crippen molar-refractivity contribution in [2.75, 3.05) is 4.90 Å². The number of nitrogens with zero attached hydrogens (tertiary/aromatic N) is 2. The number of hydrogen-bond donors (Lipinski definition) is 0. The molecule has 0 N–H and O–H groups in total. The van der Waals surface area contributed by atoms with E-state index in [0.717, 1.165) is 5.56 Å². The molecule has 1 aliphatic rings. The fraction of sp³-hybridized carbons (Fsp3) is 0.0588. The standard InChI is InChI=1S/C17H12N2O2/c18-12-14-11-10-13-6-4-5-9-16(13)19(14)17(20)21-15-7-2-1-3-8-15/h1-11,14H/t14-/m0/s1. The number of carbonyl (C=O) groups excluding carboxylic acids is 1. The first-order valence-corrected chi connectivity index (χ1v) is 6.52. The highest BCUT2D eigenvalue weighted by Crippen LogP contribution is 2.29. The number of anilines is 1. The maximum absolute atomic E-state index is 12.4. The van der Waals surface area contributed by atoms with E-state index in [1.54, 1.807) is 36.4 Å². The molecule has 2 aromatic carbocycles. The Kier molecular flexibility index (Phi) is 3.40. The molecular formula is C17H12N2O2. The van der Waals surface area contributed by atoms with Gasteiger partial charge in [0.2, 0.25) is 0 Å². The third-order valence-corrected chi connectivity index (χ3v) is 3.21. The molecule has 0 saturated carbocycles. The first-order valence-electron chi connectivity index (χ1n) is 6.52. The van der Waals surface area contributed by atoms with Crippen LogP contribution in [0, 0.1) is 11.3 Å². The minimum Gasteiger partial charge on any atom is -0.410 e. The van der Waals surface area contributed by atoms with Gasteiger partial charge in [-0.1, -0.05) is 42.5 Å². The number of ether oxygens (including phenoxy) is 1. The second-order valence-corrected chi connectivity index (χ2v) is 4.54. The van der Waals surface area contributed by atoms with Crippen LogP contribution in [0.15, 0.2) is 60.7 Å². The molecule has 102 valence electrons. The third-order valence-electron chi connectivity index (χ3n) is 3.21. The molecule has 2 aromatic rings. The van der Waals surface area contributed by atoms with Crippen molar-refractivity contribution in [2.24, 2.45) is 0 Å². The van der Waals surface area contributed by atoms with Crippen LogP contribution in [0.25, 0.3) is 6.08 Å². The summed E-state index contributed by atoms with van der Waals surface area (Å²) in [5, 5.41) is 9.25. The summed E-state index contributed by atoms with van der Waals surface area (Å²) in [6.45, 7) is 0. The maximum Gasteiger partial charge on any atom is 0.421 e. The van der Waals surface area contributed by atoms with Gasteiger partial charge in [0.15, 0.2) is 0 Å². The van der Waals surface area contributed by atoms with Crippen molar-refractivity contribution in [3.63, 3.8) is 0 Å². The lowest BCUT2D eigenvalue weighted by Crippen LogP contribution is -2.42. The third kappa shape index (κ3) is 2.49. The highest BCUT2D eigenvalue weighted by molar-refractivity contribution is 5.95. The highest BCUT2D eigenvalue weighted by Gasteiger charge is 2.29. The van der Waals surface area contributed by atoms with Crippen LogP contribution in [0.1, 0.15) is 5.56 Å². The number of hydrogen-bond acceptors (Lipinski definition) is 3. The molecule has 0 radical (unpaired) electrons. The maximum atomic E-state index is 12.4. The molecule has 21 heavy (non-hydrogen) atoms. The smallest absolute Gasteiger partial charge is 0.410 e. The Hall–Kier alpha value is -3.06. The van der Waals surface area contributed by atoms with Crippen molar-refractivity contribution in [3.05, 3.63) is 66.2 Å². The molecule has 0 aromatic heterocycles. The zero-order valence-electron chi connectivity index (χ0n) is 11.1. The Morgan fingerprint density at radius 2 is 1.81 bits per heavy atom. The first-order chi connectivity index (χ1) is 10.3. The number of nitriles is 1. The molecule has 1 heterocycles. The number of para-hydroxylation sites is 2. The number of rotatable bonds is 1. The zero-order chi connectivity index (χ0) is 14.7. The Bertz CT molecular complexity index is 732. The monoisotopic (exact) mass is 276 g/mol. The molecule has 4 heteroatoms. The van der Waals surface area contributed by atoms with Crippen molar-refractivity contribution in [3.8, 4) is 11.8 Å². The van der Waals surface area contributed by atoms with Crippen molar-refractivity contribution in [1.29, 1.82) is 5.26 Å². The summed E-state index contributed by atoms with van der Waals surface area (Å²) in [6, 6.07) is 17.6. The van der Waals surface area contributed by atoms with Gasteiger partial charge >= 0.3 is 6.09 Å². The van der Waals surface area contributed by atoms with Crippen LogP contribution in [0.4, 0.5) is 10.5 Å². The van der Waals surface area contributed by atoms with Crippen LogP contribution in [0.5, 0.6) is 5.75 Å². The Labute approximate surface area is 122 Å². The molecule has 0 aliphatic carbocycles. The molecule has 0 bridgehead atoms. The van der Waals surface area contributed by atoms with E-state index < -0.39 is 12.1 Å². The SMILES string of the molecule is N#C[C@@H]1C=Cc2ccccc2N1C(=O)Oc1ccccc1. The van der Waals surface area contributed by atoms with Crippen LogP contribution in [-0.2, 0) is 0 Å². The predicted molar refractivity (Wildman–Crippen MR) is 79.8 cm³/mol. The topological polar surface area (TPSA) is 53.3 Å². The Morgan fingerprint density at radius 1 is 1.10 bits per heavy atom. The summed E-state index contributed by atoms with van der Waals surface area (Å²) in [7, 11) is 0. The van der Waals surface area contributed by atoms with Crippen molar-refractivity contribution in [2.45, 2.75) is 6.04 Å². The summed E-state index contributed by atoms with van der Waals surface area (Å²) in [5.74, 6) is 0.450. The van der Waals surface area contributed by atoms with Crippen LogP contribution in [0.3, 0.4) is 0 Å². The lowest BCUT2D eigenvalue weighted by atomic mass is 10.0. The fourth-order valence-corrected chi connectivity index (χ4v) is 2.23. The minimum absolute atomic E-state index is 0.450. The lowest BCUT2D eigenvalue weighted by molar-refractivity contribution is 0.207. The molecule has 1 amide bonds. The van der Waals surface area contributed by atoms with E-state index in [0.29, 0.717) is 11.4 Å². The van der Waals surface area contributed by atoms with Crippen molar-refractivity contribution < 1.29 is 9.53 Å². The first kappa shape index (κ1) is 12.9. The predicted octanol–water partition coefficient (Wildman–Crippen LogP) is 3.61. The van der Waals surface area contributed by atoms with Gasteiger partial charge in [0.05, 0.1) is 11.8 Å². The molecule has 1 aliphatic heterocycles. The Balaban J connectivity index is 1.93. The van der Waals surface area contributed by atoms with Crippen LogP contribution in [-0.4, -0.2) is 12.1 Å². The molecule has 3 rings (SSSR count). The average molecular weight is 276 g/mol. The van der Waals surface area contributed by atoms with Gasteiger partial charge in [-0.2, -0.15) is 5.26 Å². The zero-order valence-corrected chi connectivity index (χ0v) is 11.1. The van der Waals surface area contributed by atoms with E-state index >= 15 is 0 Å². The molecular weight excluding hydrogens is 264 g/mol. The lowest BCUT2D eigenvalue weighted by Gasteiger charge is -2.29. The van der Waals surface area contributed by atoms with Crippen LogP contribution < -0.4 is 9.64 Å². The molecule has 0 unspecified atom stereocenters. The number of amides is 1. The second kappa shape index (κ2) is 5.51. The largest absolute Gasteiger partial charge is 0.421 e. The number of carbonyl (C=O) groups is 1. The van der Waals surface area contributed by atoms with Gasteiger partial charge in [0.1, 0.15) is 11.8 Å². The van der Waals surface area contributed by atoms with Gasteiger partial charge in [0.25, 0.3) is 0 Å². The fourth-order valence-electron chi connectivity index (χ4n) is 2.23. The number of fused-ring (bicyclic) bond motifs is 1. The molecule has 0 spiro atoms.